The highest BCUT2D eigenvalue weighted by Crippen LogP contribution is 2.36. The zero-order valence-corrected chi connectivity index (χ0v) is 16.0. The maximum Gasteiger partial charge on any atom is 0.352 e. The van der Waals surface area contributed by atoms with Crippen molar-refractivity contribution in [3.8, 4) is 5.69 Å². The van der Waals surface area contributed by atoms with Crippen LogP contribution in [0.1, 0.15) is 22.1 Å². The minimum Gasteiger partial charge on any atom is -0.477 e. The molecule has 2 N–H and O–H groups in total. The van der Waals surface area contributed by atoms with Crippen LogP contribution in [-0.4, -0.2) is 35.4 Å². The third-order valence-corrected chi connectivity index (χ3v) is 5.96. The van der Waals surface area contributed by atoms with Gasteiger partial charge < -0.3 is 19.7 Å². The summed E-state index contributed by atoms with van der Waals surface area (Å²) in [5.41, 5.74) is 2.78. The Balaban J connectivity index is 1.99. The molecule has 26 heavy (non-hydrogen) atoms. The van der Waals surface area contributed by atoms with Gasteiger partial charge in [0.25, 0.3) is 0 Å². The van der Waals surface area contributed by atoms with Crippen molar-refractivity contribution in [3.05, 3.63) is 63.2 Å². The van der Waals surface area contributed by atoms with Gasteiger partial charge in [-0.05, 0) is 45.8 Å². The van der Waals surface area contributed by atoms with Crippen LogP contribution in [-0.2, 0) is 4.74 Å². The lowest BCUT2D eigenvalue weighted by molar-refractivity contribution is 0.0688. The molecule has 1 fully saturated rings. The normalized spacial score (nSPS) is 17.5. The number of carboxylic acids is 1. The van der Waals surface area contributed by atoms with Crippen LogP contribution in [0.3, 0.4) is 0 Å². The number of carboxylic acid groups (broad SMARTS) is 1. The predicted octanol–water partition coefficient (Wildman–Crippen LogP) is 4.41. The van der Waals surface area contributed by atoms with Gasteiger partial charge >= 0.3 is 5.97 Å². The summed E-state index contributed by atoms with van der Waals surface area (Å²) < 4.78 is 8.05. The maximum absolute atomic E-state index is 11.9. The first-order chi connectivity index (χ1) is 12.6. The molecule has 7 heteroatoms. The van der Waals surface area contributed by atoms with Crippen molar-refractivity contribution >= 4 is 44.4 Å². The van der Waals surface area contributed by atoms with E-state index in [1.165, 1.54) is 0 Å². The number of morpholine rings is 1. The summed E-state index contributed by atoms with van der Waals surface area (Å²) in [7, 11) is 0. The van der Waals surface area contributed by atoms with Gasteiger partial charge in [0.2, 0.25) is 0 Å². The molecule has 3 aromatic rings. The SMILES string of the molecule is O=C(O)c1cc2c(Br)c(Cl)ccc2n1-c1ccccc1C1COCCN1. The standard InChI is InChI=1S/C19H16BrClN2O3/c20-18-12-9-17(19(24)25)23(16(12)6-5-13(18)21)15-4-2-1-3-11(15)14-10-26-8-7-22-14/h1-6,9,14,22H,7-8,10H2,(H,24,25). The number of carbonyl (C=O) groups is 1. The van der Waals surface area contributed by atoms with Crippen molar-refractivity contribution < 1.29 is 14.6 Å². The van der Waals surface area contributed by atoms with Crippen LogP contribution in [0.2, 0.25) is 5.02 Å². The van der Waals surface area contributed by atoms with Gasteiger partial charge in [-0.2, -0.15) is 0 Å². The van der Waals surface area contributed by atoms with Gasteiger partial charge in [-0.25, -0.2) is 4.79 Å². The van der Waals surface area contributed by atoms with Crippen LogP contribution in [0.15, 0.2) is 46.9 Å². The summed E-state index contributed by atoms with van der Waals surface area (Å²) >= 11 is 9.67. The highest BCUT2D eigenvalue weighted by molar-refractivity contribution is 9.10. The number of benzene rings is 2. The molecule has 2 heterocycles. The molecular weight excluding hydrogens is 420 g/mol. The summed E-state index contributed by atoms with van der Waals surface area (Å²) in [5, 5.41) is 14.5. The zero-order chi connectivity index (χ0) is 18.3. The Labute approximate surface area is 163 Å². The van der Waals surface area contributed by atoms with Crippen LogP contribution in [0, 0.1) is 0 Å². The quantitative estimate of drug-likeness (QED) is 0.640. The number of aromatic carboxylic acids is 1. The molecule has 0 saturated carbocycles. The van der Waals surface area contributed by atoms with E-state index in [4.69, 9.17) is 16.3 Å². The van der Waals surface area contributed by atoms with Gasteiger partial charge in [0, 0.05) is 16.4 Å². The molecular formula is C19H16BrClN2O3. The van der Waals surface area contributed by atoms with E-state index >= 15 is 0 Å². The van der Waals surface area contributed by atoms with Crippen molar-refractivity contribution in [2.75, 3.05) is 19.8 Å². The van der Waals surface area contributed by atoms with Crippen molar-refractivity contribution in [1.29, 1.82) is 0 Å². The highest BCUT2D eigenvalue weighted by atomic mass is 79.9. The first-order valence-electron chi connectivity index (χ1n) is 8.21. The van der Waals surface area contributed by atoms with E-state index in [1.807, 2.05) is 30.3 Å². The van der Waals surface area contributed by atoms with E-state index in [2.05, 4.69) is 21.2 Å². The molecule has 4 rings (SSSR count). The summed E-state index contributed by atoms with van der Waals surface area (Å²) in [6.45, 7) is 1.99. The van der Waals surface area contributed by atoms with Crippen molar-refractivity contribution in [2.24, 2.45) is 0 Å². The summed E-state index contributed by atoms with van der Waals surface area (Å²) in [6, 6.07) is 13.1. The number of hydrogen-bond donors (Lipinski definition) is 2. The Morgan fingerprint density at radius 1 is 1.31 bits per heavy atom. The Morgan fingerprint density at radius 3 is 2.85 bits per heavy atom. The maximum atomic E-state index is 11.9. The molecule has 0 amide bonds. The second-order valence-electron chi connectivity index (χ2n) is 6.10. The number of hydrogen-bond acceptors (Lipinski definition) is 3. The first-order valence-corrected chi connectivity index (χ1v) is 9.38. The molecule has 0 aliphatic carbocycles. The lowest BCUT2D eigenvalue weighted by Crippen LogP contribution is -2.35. The molecule has 1 aliphatic heterocycles. The fourth-order valence-electron chi connectivity index (χ4n) is 3.39. The Bertz CT molecular complexity index is 996. The molecule has 1 aliphatic rings. The average molecular weight is 436 g/mol. The number of para-hydroxylation sites is 1. The molecule has 134 valence electrons. The summed E-state index contributed by atoms with van der Waals surface area (Å²) in [5.74, 6) is -0.994. The predicted molar refractivity (Wildman–Crippen MR) is 105 cm³/mol. The molecule has 5 nitrogen and oxygen atoms in total. The van der Waals surface area contributed by atoms with Gasteiger partial charge in [-0.3, -0.25) is 0 Å². The second kappa shape index (κ2) is 7.04. The van der Waals surface area contributed by atoms with E-state index in [0.717, 1.165) is 28.7 Å². The Morgan fingerprint density at radius 2 is 2.12 bits per heavy atom. The van der Waals surface area contributed by atoms with Crippen LogP contribution in [0.5, 0.6) is 0 Å². The highest BCUT2D eigenvalue weighted by Gasteiger charge is 2.24. The van der Waals surface area contributed by atoms with E-state index < -0.39 is 5.97 Å². The van der Waals surface area contributed by atoms with Crippen LogP contribution < -0.4 is 5.32 Å². The Hall–Kier alpha value is -1.86. The van der Waals surface area contributed by atoms with E-state index in [0.29, 0.717) is 22.7 Å². The smallest absolute Gasteiger partial charge is 0.352 e. The fraction of sp³-hybridized carbons (Fsp3) is 0.211. The number of nitrogens with one attached hydrogen (secondary N) is 1. The number of ether oxygens (including phenoxy) is 1. The average Bonchev–Trinajstić information content (AvgIpc) is 3.06. The lowest BCUT2D eigenvalue weighted by atomic mass is 10.0. The molecule has 1 unspecified atom stereocenters. The van der Waals surface area contributed by atoms with E-state index in [1.54, 1.807) is 16.7 Å². The first kappa shape index (κ1) is 17.5. The van der Waals surface area contributed by atoms with Gasteiger partial charge in [0.1, 0.15) is 5.69 Å². The molecule has 0 spiro atoms. The van der Waals surface area contributed by atoms with Crippen molar-refractivity contribution in [3.63, 3.8) is 0 Å². The topological polar surface area (TPSA) is 63.5 Å². The third-order valence-electron chi connectivity index (χ3n) is 4.57. The number of halogens is 2. The molecule has 2 aromatic carbocycles. The van der Waals surface area contributed by atoms with Gasteiger partial charge in [0.05, 0.1) is 35.5 Å². The third kappa shape index (κ3) is 2.93. The molecule has 1 saturated heterocycles. The lowest BCUT2D eigenvalue weighted by Gasteiger charge is -2.26. The minimum absolute atomic E-state index is 0.00906. The van der Waals surface area contributed by atoms with Gasteiger partial charge in [0.15, 0.2) is 0 Å². The van der Waals surface area contributed by atoms with Crippen LogP contribution in [0.25, 0.3) is 16.6 Å². The molecule has 1 aromatic heterocycles. The van der Waals surface area contributed by atoms with Crippen LogP contribution in [0.4, 0.5) is 0 Å². The number of rotatable bonds is 3. The summed E-state index contributed by atoms with van der Waals surface area (Å²) in [6.07, 6.45) is 0. The van der Waals surface area contributed by atoms with Gasteiger partial charge in [-0.1, -0.05) is 29.8 Å². The molecule has 0 bridgehead atoms. The number of aromatic nitrogens is 1. The largest absolute Gasteiger partial charge is 0.477 e. The van der Waals surface area contributed by atoms with E-state index in [-0.39, 0.29) is 11.7 Å². The number of fused-ring (bicyclic) bond motifs is 1. The van der Waals surface area contributed by atoms with Gasteiger partial charge in [-0.15, -0.1) is 0 Å². The minimum atomic E-state index is -0.994. The van der Waals surface area contributed by atoms with Crippen molar-refractivity contribution in [2.45, 2.75) is 6.04 Å². The molecule has 0 radical (unpaired) electrons. The van der Waals surface area contributed by atoms with E-state index in [9.17, 15) is 9.90 Å². The Kier molecular flexibility index (Phi) is 4.75. The summed E-state index contributed by atoms with van der Waals surface area (Å²) in [4.78, 5) is 11.9. The zero-order valence-electron chi connectivity index (χ0n) is 13.7. The molecule has 1 atom stereocenters. The van der Waals surface area contributed by atoms with Crippen molar-refractivity contribution in [1.82, 2.24) is 9.88 Å². The second-order valence-corrected chi connectivity index (χ2v) is 7.30. The fourth-order valence-corrected chi connectivity index (χ4v) is 4.00. The van der Waals surface area contributed by atoms with Crippen LogP contribution >= 0.6 is 27.5 Å². The number of nitrogens with zero attached hydrogens (tertiary/aromatic N) is 1. The monoisotopic (exact) mass is 434 g/mol.